The van der Waals surface area contributed by atoms with Gasteiger partial charge in [0.2, 0.25) is 0 Å². The summed E-state index contributed by atoms with van der Waals surface area (Å²) in [7, 11) is 0. The summed E-state index contributed by atoms with van der Waals surface area (Å²) in [6, 6.07) is 17.8. The Morgan fingerprint density at radius 2 is 0.769 bits per heavy atom. The number of nitrogens with zero attached hydrogens (tertiary/aromatic N) is 3. The van der Waals surface area contributed by atoms with E-state index in [-0.39, 0.29) is 0 Å². The van der Waals surface area contributed by atoms with E-state index in [9.17, 15) is 14.4 Å². The van der Waals surface area contributed by atoms with Gasteiger partial charge < -0.3 is 13.7 Å². The molecule has 0 aliphatic rings. The molecule has 0 spiro atoms. The van der Waals surface area contributed by atoms with Crippen molar-refractivity contribution in [3.63, 3.8) is 0 Å². The summed E-state index contributed by atoms with van der Waals surface area (Å²) >= 11 is 0. The van der Waals surface area contributed by atoms with E-state index in [2.05, 4.69) is 52.7 Å². The highest BCUT2D eigenvalue weighted by Crippen LogP contribution is 2.48. The third-order valence-electron chi connectivity index (χ3n) is 8.33. The number of carbonyl (C=O) groups excluding carboxylic acids is 3. The Balaban J connectivity index is 1.93. The summed E-state index contributed by atoms with van der Waals surface area (Å²) in [6.07, 6.45) is 2.70. The number of aldehydes is 3. The molecule has 3 heterocycles. The summed E-state index contributed by atoms with van der Waals surface area (Å²) < 4.78 is 6.96. The van der Waals surface area contributed by atoms with Crippen molar-refractivity contribution in [3.8, 4) is 0 Å². The molecule has 7 rings (SSSR count). The molecule has 0 aliphatic heterocycles. The summed E-state index contributed by atoms with van der Waals surface area (Å²) in [4.78, 5) is 35.3. The lowest BCUT2D eigenvalue weighted by Crippen LogP contribution is -1.98. The number of aromatic nitrogens is 3. The normalized spacial score (nSPS) is 12.1. The minimum atomic E-state index is 0.644. The van der Waals surface area contributed by atoms with Crippen molar-refractivity contribution in [2.24, 2.45) is 0 Å². The van der Waals surface area contributed by atoms with Gasteiger partial charge in [-0.2, -0.15) is 0 Å². The van der Waals surface area contributed by atoms with Gasteiger partial charge in [-0.3, -0.25) is 14.4 Å². The molecule has 6 heteroatoms. The Morgan fingerprint density at radius 1 is 0.487 bits per heavy atom. The second-order valence-electron chi connectivity index (χ2n) is 10.1. The van der Waals surface area contributed by atoms with E-state index in [4.69, 9.17) is 0 Å². The Morgan fingerprint density at radius 3 is 1.00 bits per heavy atom. The molecule has 0 amide bonds. The lowest BCUT2D eigenvalue weighted by Gasteiger charge is -2.10. The van der Waals surface area contributed by atoms with Crippen molar-refractivity contribution in [2.75, 3.05) is 0 Å². The SMILES string of the molecule is CCn1c2cc(C=O)ccc2c2c1c1c3ccc(C=O)cc3n(CC)c1c1c3ccc(C=O)cc3n(CC)c21. The number of fused-ring (bicyclic) bond motifs is 12. The zero-order chi connectivity index (χ0) is 27.0. The molecule has 6 nitrogen and oxygen atoms in total. The van der Waals surface area contributed by atoms with Gasteiger partial charge in [0, 0.05) is 85.2 Å². The van der Waals surface area contributed by atoms with Crippen molar-refractivity contribution in [1.29, 1.82) is 0 Å². The molecule has 39 heavy (non-hydrogen) atoms. The second kappa shape index (κ2) is 8.40. The van der Waals surface area contributed by atoms with Crippen LogP contribution in [0.1, 0.15) is 51.8 Å². The molecule has 3 aromatic heterocycles. The first-order valence-corrected chi connectivity index (χ1v) is 13.4. The molecule has 0 unspecified atom stereocenters. The molecule has 0 fully saturated rings. The van der Waals surface area contributed by atoms with E-state index in [1.54, 1.807) is 0 Å². The van der Waals surface area contributed by atoms with Crippen LogP contribution in [0.4, 0.5) is 0 Å². The Kier molecular flexibility index (Phi) is 5.04. The molecular formula is C33H27N3O3. The van der Waals surface area contributed by atoms with E-state index >= 15 is 0 Å². The van der Waals surface area contributed by atoms with Crippen molar-refractivity contribution in [2.45, 2.75) is 40.4 Å². The topological polar surface area (TPSA) is 66.0 Å². The lowest BCUT2D eigenvalue weighted by molar-refractivity contribution is 0.111. The van der Waals surface area contributed by atoms with Gasteiger partial charge in [0.25, 0.3) is 0 Å². The van der Waals surface area contributed by atoms with Crippen LogP contribution in [0.15, 0.2) is 54.6 Å². The monoisotopic (exact) mass is 513 g/mol. The first kappa shape index (κ1) is 23.4. The molecule has 4 aromatic carbocycles. The van der Waals surface area contributed by atoms with E-state index in [1.807, 2.05) is 36.4 Å². The highest BCUT2D eigenvalue weighted by molar-refractivity contribution is 6.39. The number of hydrogen-bond donors (Lipinski definition) is 0. The minimum Gasteiger partial charge on any atom is -0.340 e. The molecular weight excluding hydrogens is 486 g/mol. The Bertz CT molecular complexity index is 1910. The van der Waals surface area contributed by atoms with Crippen LogP contribution in [-0.4, -0.2) is 32.6 Å². The predicted octanol–water partition coefficient (Wildman–Crippen LogP) is 7.51. The van der Waals surface area contributed by atoms with Gasteiger partial charge >= 0.3 is 0 Å². The number of rotatable bonds is 6. The number of carbonyl (C=O) groups is 3. The van der Waals surface area contributed by atoms with Gasteiger partial charge in [-0.1, -0.05) is 36.4 Å². The molecule has 0 N–H and O–H groups in total. The lowest BCUT2D eigenvalue weighted by atomic mass is 10.0. The van der Waals surface area contributed by atoms with Crippen LogP contribution in [0, 0.1) is 0 Å². The fraction of sp³-hybridized carbons (Fsp3) is 0.182. The van der Waals surface area contributed by atoms with Crippen molar-refractivity contribution in [3.05, 3.63) is 71.3 Å². The van der Waals surface area contributed by atoms with Gasteiger partial charge in [0.1, 0.15) is 18.9 Å². The third kappa shape index (κ3) is 2.88. The smallest absolute Gasteiger partial charge is 0.150 e. The maximum Gasteiger partial charge on any atom is 0.150 e. The number of hydrogen-bond acceptors (Lipinski definition) is 3. The molecule has 0 saturated heterocycles. The standard InChI is InChI=1S/C33H27N3O3/c1-4-34-25-13-19(16-37)7-10-22(25)28-31(34)29-23-11-8-20(17-38)14-26(23)35(5-2)33(29)30-24-12-9-21(18-39)15-27(24)36(6-3)32(28)30/h7-18H,4-6H2,1-3H3. The maximum atomic E-state index is 11.8. The fourth-order valence-electron chi connectivity index (χ4n) is 6.80. The van der Waals surface area contributed by atoms with Crippen molar-refractivity contribution < 1.29 is 14.4 Å². The average molecular weight is 514 g/mol. The summed E-state index contributed by atoms with van der Waals surface area (Å²) in [5, 5.41) is 6.73. The fourth-order valence-corrected chi connectivity index (χ4v) is 6.80. The minimum absolute atomic E-state index is 0.644. The predicted molar refractivity (Wildman–Crippen MR) is 159 cm³/mol. The summed E-state index contributed by atoms with van der Waals surface area (Å²) in [5.41, 5.74) is 8.38. The zero-order valence-electron chi connectivity index (χ0n) is 22.1. The molecule has 192 valence electrons. The van der Waals surface area contributed by atoms with Crippen LogP contribution < -0.4 is 0 Å². The Hall–Kier alpha value is -4.71. The van der Waals surface area contributed by atoms with Crippen molar-refractivity contribution >= 4 is 84.3 Å². The quantitative estimate of drug-likeness (QED) is 0.216. The molecule has 0 atom stereocenters. The Labute approximate surface area is 224 Å². The van der Waals surface area contributed by atoms with Crippen molar-refractivity contribution in [1.82, 2.24) is 13.7 Å². The number of benzene rings is 4. The first-order valence-electron chi connectivity index (χ1n) is 13.4. The molecule has 0 bridgehead atoms. The van der Waals surface area contributed by atoms with E-state index in [1.165, 1.54) is 0 Å². The largest absolute Gasteiger partial charge is 0.340 e. The zero-order valence-corrected chi connectivity index (χ0v) is 22.1. The van der Waals surface area contributed by atoms with Crippen LogP contribution in [0.25, 0.3) is 65.4 Å². The van der Waals surface area contributed by atoms with Gasteiger partial charge in [0.15, 0.2) is 0 Å². The van der Waals surface area contributed by atoms with E-state index in [0.717, 1.165) is 104 Å². The molecule has 0 saturated carbocycles. The van der Waals surface area contributed by atoms with Crippen LogP contribution in [0.5, 0.6) is 0 Å². The highest BCUT2D eigenvalue weighted by Gasteiger charge is 2.26. The number of aryl methyl sites for hydroxylation is 3. The van der Waals surface area contributed by atoms with Gasteiger partial charge in [0.05, 0.1) is 16.6 Å². The van der Waals surface area contributed by atoms with Crippen LogP contribution in [-0.2, 0) is 19.6 Å². The molecule has 7 aromatic rings. The van der Waals surface area contributed by atoms with Gasteiger partial charge in [-0.25, -0.2) is 0 Å². The van der Waals surface area contributed by atoms with Gasteiger partial charge in [-0.15, -0.1) is 0 Å². The van der Waals surface area contributed by atoms with Crippen LogP contribution in [0.2, 0.25) is 0 Å². The highest BCUT2D eigenvalue weighted by atomic mass is 16.1. The van der Waals surface area contributed by atoms with E-state index in [0.29, 0.717) is 16.7 Å². The average Bonchev–Trinajstić information content (AvgIpc) is 3.60. The van der Waals surface area contributed by atoms with Gasteiger partial charge in [-0.05, 0) is 39.0 Å². The van der Waals surface area contributed by atoms with Crippen LogP contribution in [0.3, 0.4) is 0 Å². The second-order valence-corrected chi connectivity index (χ2v) is 10.1. The maximum absolute atomic E-state index is 11.8. The third-order valence-corrected chi connectivity index (χ3v) is 8.33. The van der Waals surface area contributed by atoms with Crippen LogP contribution >= 0.6 is 0 Å². The van der Waals surface area contributed by atoms with E-state index < -0.39 is 0 Å². The summed E-state index contributed by atoms with van der Waals surface area (Å²) in [5.74, 6) is 0. The molecule has 0 aliphatic carbocycles. The first-order chi connectivity index (χ1) is 19.1. The summed E-state index contributed by atoms with van der Waals surface area (Å²) in [6.45, 7) is 8.61. The molecule has 0 radical (unpaired) electrons.